The molecule has 3 aromatic carbocycles. The van der Waals surface area contributed by atoms with Gasteiger partial charge in [0.25, 0.3) is 0 Å². The van der Waals surface area contributed by atoms with Crippen molar-refractivity contribution in [1.82, 2.24) is 74.2 Å². The normalized spacial score (nSPS) is 11.8. The summed E-state index contributed by atoms with van der Waals surface area (Å²) < 4.78 is 83.7. The summed E-state index contributed by atoms with van der Waals surface area (Å²) in [6, 6.07) is 30.8. The smallest absolute Gasteiger partial charge is 0.193 e. The van der Waals surface area contributed by atoms with Crippen LogP contribution in [0.4, 0.5) is 13.2 Å². The Hall–Kier alpha value is -9.00. The second kappa shape index (κ2) is 25.6. The summed E-state index contributed by atoms with van der Waals surface area (Å²) in [7, 11) is -4.76. The number of hydrogen-bond donors (Lipinski definition) is 0. The van der Waals surface area contributed by atoms with Gasteiger partial charge in [-0.25, -0.2) is 80.5 Å². The minimum atomic E-state index is -3.53. The fraction of sp³-hybridized carbons (Fsp3) is 0.200. The molecule has 0 aliphatic carbocycles. The van der Waals surface area contributed by atoms with Crippen LogP contribution in [0.3, 0.4) is 0 Å². The molecule has 0 saturated heterocycles. The van der Waals surface area contributed by atoms with E-state index in [0.29, 0.717) is 97.7 Å². The number of thioether (sulfide) groups is 1. The average Bonchev–Trinajstić information content (AvgIpc) is 4.35. The predicted molar refractivity (Wildman–Crippen MR) is 318 cm³/mol. The SMILES string of the molecule is CCc1cnc(-c2nn(Cc3ccccc3F)c3ncccc23)nc1S(C)(=O)=O.CCc1cnc(-c2nn(Cc3ccccc3F)c3ncccc23)nc1S(C)=O.CCc1cnc(-c2nn(Cc3ccccc3F)c3ncccc23)nc1SC. The molecule has 0 fully saturated rings. The van der Waals surface area contributed by atoms with Gasteiger partial charge in [0.1, 0.15) is 44.6 Å². The molecule has 0 aliphatic heterocycles. The number of hydrogen-bond acceptors (Lipinski definition) is 16. The van der Waals surface area contributed by atoms with Gasteiger partial charge in [0, 0.05) is 83.1 Å². The Kier molecular flexibility index (Phi) is 17.8. The third kappa shape index (κ3) is 12.5. The topological polar surface area (TPSA) is 221 Å². The third-order valence-electron chi connectivity index (χ3n) is 13.4. The summed E-state index contributed by atoms with van der Waals surface area (Å²) in [5.74, 6) is 0.238. The van der Waals surface area contributed by atoms with E-state index in [1.807, 2.05) is 50.6 Å². The highest BCUT2D eigenvalue weighted by atomic mass is 32.2. The van der Waals surface area contributed by atoms with Crippen LogP contribution in [0.1, 0.15) is 54.2 Å². The highest BCUT2D eigenvalue weighted by Crippen LogP contribution is 2.31. The Morgan fingerprint density at radius 3 is 1.21 bits per heavy atom. The van der Waals surface area contributed by atoms with Gasteiger partial charge in [0.15, 0.2) is 49.3 Å². The lowest BCUT2D eigenvalue weighted by Gasteiger charge is -2.06. The quantitative estimate of drug-likeness (QED) is 0.0688. The molecule has 12 aromatic rings. The largest absolute Gasteiger partial charge is 0.253 e. The van der Waals surface area contributed by atoms with E-state index in [1.54, 1.807) is 124 Å². The maximum absolute atomic E-state index is 14.1. The standard InChI is InChI=1S/C20H18FN5O2S.C20H18FN5OS.C20H18FN5S/c1-3-13-11-23-18(24-20(13)29(2,27)28)17-15-8-6-10-22-19(15)26(25-17)12-14-7-4-5-9-16(14)21;1-3-13-11-23-18(24-20(13)28(2)27)17-15-8-6-10-22-19(15)26(25-17)12-14-7-4-5-9-16(14)21;1-3-13-11-23-18(24-20(13)27-2)17-15-8-6-10-22-19(15)26(25-17)12-14-7-4-5-9-16(14)21/h4-11H,3,12H2,1-2H3;4-11H,3,12H2,1-2H3;4-11H,3,12H2,1-2H3. The highest BCUT2D eigenvalue weighted by molar-refractivity contribution is 7.98. The van der Waals surface area contributed by atoms with Gasteiger partial charge in [0.2, 0.25) is 0 Å². The summed E-state index contributed by atoms with van der Waals surface area (Å²) in [5.41, 5.74) is 7.48. The first-order chi connectivity index (χ1) is 40.7. The Labute approximate surface area is 488 Å². The van der Waals surface area contributed by atoms with Crippen LogP contribution in [0, 0.1) is 17.5 Å². The van der Waals surface area contributed by atoms with E-state index in [4.69, 9.17) is 4.98 Å². The van der Waals surface area contributed by atoms with Gasteiger partial charge >= 0.3 is 0 Å². The van der Waals surface area contributed by atoms with E-state index >= 15 is 0 Å². The molecule has 0 amide bonds. The van der Waals surface area contributed by atoms with Crippen molar-refractivity contribution in [3.8, 4) is 34.6 Å². The van der Waals surface area contributed by atoms with Crippen molar-refractivity contribution in [2.75, 3.05) is 18.8 Å². The third-order valence-corrected chi connectivity index (χ3v) is 16.1. The van der Waals surface area contributed by atoms with E-state index in [0.717, 1.165) is 39.6 Å². The van der Waals surface area contributed by atoms with Crippen LogP contribution in [0.15, 0.2) is 161 Å². The fourth-order valence-electron chi connectivity index (χ4n) is 9.21. The summed E-state index contributed by atoms with van der Waals surface area (Å²) in [6.07, 6.45) is 16.8. The van der Waals surface area contributed by atoms with Crippen molar-refractivity contribution in [2.24, 2.45) is 0 Å². The van der Waals surface area contributed by atoms with Gasteiger partial charge in [0.05, 0.1) is 46.6 Å². The van der Waals surface area contributed by atoms with E-state index in [2.05, 4.69) is 62.1 Å². The number of halogens is 3. The summed E-state index contributed by atoms with van der Waals surface area (Å²) >= 11 is 1.59. The molecule has 1 unspecified atom stereocenters. The molecule has 0 spiro atoms. The first kappa shape index (κ1) is 58.2. The molecule has 9 heterocycles. The molecule has 1 atom stereocenters. The van der Waals surface area contributed by atoms with Crippen molar-refractivity contribution in [3.05, 3.63) is 197 Å². The van der Waals surface area contributed by atoms with Crippen molar-refractivity contribution in [2.45, 2.75) is 74.7 Å². The van der Waals surface area contributed by atoms with Crippen molar-refractivity contribution in [1.29, 1.82) is 0 Å². The van der Waals surface area contributed by atoms with Crippen molar-refractivity contribution < 1.29 is 25.8 Å². The minimum absolute atomic E-state index is 0.00862. The number of sulfone groups is 1. The zero-order chi connectivity index (χ0) is 59.1. The lowest BCUT2D eigenvalue weighted by Crippen LogP contribution is -2.08. The van der Waals surface area contributed by atoms with Crippen LogP contribution in [0.2, 0.25) is 0 Å². The van der Waals surface area contributed by atoms with E-state index in [-0.39, 0.29) is 41.4 Å². The molecule has 18 nitrogen and oxygen atoms in total. The molecule has 24 heteroatoms. The van der Waals surface area contributed by atoms with Crippen LogP contribution < -0.4 is 0 Å². The number of aromatic nitrogens is 15. The van der Waals surface area contributed by atoms with Gasteiger partial charge < -0.3 is 0 Å². The van der Waals surface area contributed by atoms with Gasteiger partial charge in [-0.05, 0) is 80.1 Å². The first-order valence-corrected chi connectivity index (χ1v) is 31.2. The van der Waals surface area contributed by atoms with Crippen LogP contribution >= 0.6 is 11.8 Å². The molecule has 12 rings (SSSR count). The van der Waals surface area contributed by atoms with Crippen LogP contribution in [-0.2, 0) is 59.5 Å². The second-order valence-electron chi connectivity index (χ2n) is 19.0. The van der Waals surface area contributed by atoms with Gasteiger partial charge in [-0.3, -0.25) is 4.21 Å². The zero-order valence-electron chi connectivity index (χ0n) is 46.4. The number of rotatable bonds is 15. The molecule has 0 aliphatic rings. The minimum Gasteiger partial charge on any atom is -0.253 e. The van der Waals surface area contributed by atoms with E-state index in [9.17, 15) is 25.8 Å². The van der Waals surface area contributed by atoms with Crippen LogP contribution in [0.5, 0.6) is 0 Å². The van der Waals surface area contributed by atoms with Crippen molar-refractivity contribution in [3.63, 3.8) is 0 Å². The van der Waals surface area contributed by atoms with E-state index < -0.39 is 20.6 Å². The first-order valence-electron chi connectivity index (χ1n) is 26.5. The molecule has 9 aromatic heterocycles. The van der Waals surface area contributed by atoms with Crippen molar-refractivity contribution >= 4 is 65.5 Å². The van der Waals surface area contributed by atoms with Crippen LogP contribution in [-0.4, -0.2) is 106 Å². The molecular weight excluding hydrogens is 1130 g/mol. The second-order valence-corrected chi connectivity index (χ2v) is 23.0. The number of fused-ring (bicyclic) bond motifs is 3. The monoisotopic (exact) mass is 1190 g/mol. The number of pyridine rings is 3. The summed E-state index contributed by atoms with van der Waals surface area (Å²) in [5, 5.41) is 17.6. The van der Waals surface area contributed by atoms with Gasteiger partial charge in [-0.15, -0.1) is 11.8 Å². The van der Waals surface area contributed by atoms with E-state index in [1.165, 1.54) is 24.4 Å². The Morgan fingerprint density at radius 2 is 0.845 bits per heavy atom. The van der Waals surface area contributed by atoms with Gasteiger partial charge in [-0.1, -0.05) is 75.4 Å². The molecule has 426 valence electrons. The number of nitrogens with zero attached hydrogens (tertiary/aromatic N) is 15. The maximum atomic E-state index is 14.1. The Balaban J connectivity index is 0.000000140. The molecule has 84 heavy (non-hydrogen) atoms. The van der Waals surface area contributed by atoms with Gasteiger partial charge in [-0.2, -0.15) is 15.3 Å². The predicted octanol–water partition coefficient (Wildman–Crippen LogP) is 10.8. The number of aryl methyl sites for hydroxylation is 3. The summed E-state index contributed by atoms with van der Waals surface area (Å²) in [6.45, 7) is 6.60. The Bertz CT molecular complexity index is 4520. The lowest BCUT2D eigenvalue weighted by atomic mass is 10.2. The van der Waals surface area contributed by atoms with Crippen LogP contribution in [0.25, 0.3) is 67.7 Å². The molecule has 0 radical (unpaired) electrons. The summed E-state index contributed by atoms with van der Waals surface area (Å²) in [4.78, 5) is 40.0. The Morgan fingerprint density at radius 1 is 0.476 bits per heavy atom. The molecule has 0 N–H and O–H groups in total. The highest BCUT2D eigenvalue weighted by Gasteiger charge is 2.23. The average molecular weight is 1190 g/mol. The molecular formula is C60H54F3N15O3S3. The molecule has 0 bridgehead atoms. The number of benzene rings is 3. The maximum Gasteiger partial charge on any atom is 0.193 e. The molecule has 0 saturated carbocycles. The lowest BCUT2D eigenvalue weighted by molar-refractivity contribution is 0.589. The zero-order valence-corrected chi connectivity index (χ0v) is 48.8. The fourth-order valence-corrected chi connectivity index (χ4v) is 11.6.